The van der Waals surface area contributed by atoms with Gasteiger partial charge >= 0.3 is 0 Å². The molecule has 2 atom stereocenters. The lowest BCUT2D eigenvalue weighted by molar-refractivity contribution is 0.344. The number of aryl methyl sites for hydroxylation is 1. The van der Waals surface area contributed by atoms with Crippen molar-refractivity contribution in [1.82, 2.24) is 4.31 Å². The number of nitrogens with zero attached hydrogens (tertiary/aromatic N) is 1. The number of benzene rings is 3. The lowest BCUT2D eigenvalue weighted by atomic mass is 10.2. The highest BCUT2D eigenvalue weighted by Gasteiger charge is 2.49. The fourth-order valence-electron chi connectivity index (χ4n) is 3.13. The van der Waals surface area contributed by atoms with E-state index in [1.807, 2.05) is 49.4 Å². The Morgan fingerprint density at radius 3 is 2.14 bits per heavy atom. The van der Waals surface area contributed by atoms with Gasteiger partial charge in [0.05, 0.1) is 10.3 Å². The molecule has 3 aromatic rings. The van der Waals surface area contributed by atoms with Crippen molar-refractivity contribution in [3.05, 3.63) is 99.5 Å². The summed E-state index contributed by atoms with van der Waals surface area (Å²) in [5.41, 5.74) is 2.68. The maximum atomic E-state index is 13.5. The highest BCUT2D eigenvalue weighted by Crippen LogP contribution is 2.60. The molecule has 1 heterocycles. The van der Waals surface area contributed by atoms with Crippen LogP contribution in [0.5, 0.6) is 0 Å². The Morgan fingerprint density at radius 2 is 1.50 bits per heavy atom. The molecule has 0 unspecified atom stereocenters. The maximum absolute atomic E-state index is 13.5. The first-order chi connectivity index (χ1) is 13.4. The van der Waals surface area contributed by atoms with Crippen molar-refractivity contribution in [1.29, 1.82) is 0 Å². The van der Waals surface area contributed by atoms with E-state index in [4.69, 9.17) is 23.2 Å². The van der Waals surface area contributed by atoms with Crippen LogP contribution in [0.25, 0.3) is 0 Å². The van der Waals surface area contributed by atoms with E-state index in [0.29, 0.717) is 10.0 Å². The minimum absolute atomic E-state index is 0.273. The zero-order valence-corrected chi connectivity index (χ0v) is 18.1. The van der Waals surface area contributed by atoms with Crippen molar-refractivity contribution in [3.63, 3.8) is 0 Å². The number of sulfonamides is 1. The van der Waals surface area contributed by atoms with Gasteiger partial charge in [0.2, 0.25) is 10.0 Å². The van der Waals surface area contributed by atoms with Crippen LogP contribution in [0.1, 0.15) is 27.4 Å². The van der Waals surface area contributed by atoms with Gasteiger partial charge in [-0.1, -0.05) is 71.2 Å². The first-order valence-electron chi connectivity index (χ1n) is 8.63. The number of hydrogen-bond acceptors (Lipinski definition) is 3. The smallest absolute Gasteiger partial charge is 0.207 e. The Balaban J connectivity index is 1.79. The van der Waals surface area contributed by atoms with Crippen molar-refractivity contribution in [3.8, 4) is 0 Å². The van der Waals surface area contributed by atoms with Gasteiger partial charge in [-0.3, -0.25) is 0 Å². The summed E-state index contributed by atoms with van der Waals surface area (Å²) in [5.74, 6) is 0. The average Bonchev–Trinajstić information content (AvgIpc) is 2.64. The van der Waals surface area contributed by atoms with Crippen LogP contribution in [-0.4, -0.2) is 12.7 Å². The van der Waals surface area contributed by atoms with Gasteiger partial charge in [0.25, 0.3) is 0 Å². The van der Waals surface area contributed by atoms with Crippen LogP contribution in [0, 0.1) is 6.92 Å². The van der Waals surface area contributed by atoms with Gasteiger partial charge in [-0.05, 0) is 48.4 Å². The molecular weight excluding hydrogens is 433 g/mol. The monoisotopic (exact) mass is 449 g/mol. The van der Waals surface area contributed by atoms with Crippen molar-refractivity contribution in [2.75, 3.05) is 0 Å². The summed E-state index contributed by atoms with van der Waals surface area (Å²) in [4.78, 5) is 0.273. The largest absolute Gasteiger partial charge is 0.245 e. The Kier molecular flexibility index (Phi) is 5.47. The molecule has 1 saturated heterocycles. The first-order valence-corrected chi connectivity index (χ1v) is 11.8. The van der Waals surface area contributed by atoms with Crippen LogP contribution in [0.15, 0.2) is 77.7 Å². The Bertz CT molecular complexity index is 1100. The Morgan fingerprint density at radius 1 is 0.857 bits per heavy atom. The molecule has 0 bridgehead atoms. The molecule has 28 heavy (non-hydrogen) atoms. The molecular formula is C21H17Cl2NO2S2. The lowest BCUT2D eigenvalue weighted by Gasteiger charge is -2.47. The molecule has 0 amide bonds. The van der Waals surface area contributed by atoms with Crippen molar-refractivity contribution < 1.29 is 8.42 Å². The number of halogens is 2. The highest BCUT2D eigenvalue weighted by molar-refractivity contribution is 8.03. The van der Waals surface area contributed by atoms with Gasteiger partial charge in [-0.15, -0.1) is 11.8 Å². The predicted octanol–water partition coefficient (Wildman–Crippen LogP) is 6.44. The third kappa shape index (κ3) is 3.58. The number of thioether (sulfide) groups is 1. The minimum atomic E-state index is -3.72. The topological polar surface area (TPSA) is 37.4 Å². The minimum Gasteiger partial charge on any atom is -0.207 e. The second-order valence-electron chi connectivity index (χ2n) is 6.56. The summed E-state index contributed by atoms with van der Waals surface area (Å²) in [5, 5.41) is 0.438. The number of hydrogen-bond donors (Lipinski definition) is 0. The van der Waals surface area contributed by atoms with Crippen molar-refractivity contribution in [2.24, 2.45) is 0 Å². The summed E-state index contributed by atoms with van der Waals surface area (Å²) in [7, 11) is -3.72. The van der Waals surface area contributed by atoms with Crippen LogP contribution in [0.2, 0.25) is 10.0 Å². The zero-order valence-electron chi connectivity index (χ0n) is 14.9. The molecule has 7 heteroatoms. The molecule has 3 aromatic carbocycles. The fourth-order valence-corrected chi connectivity index (χ4v) is 7.20. The van der Waals surface area contributed by atoms with E-state index in [1.165, 1.54) is 4.31 Å². The molecule has 0 spiro atoms. The van der Waals surface area contributed by atoms with Crippen LogP contribution >= 0.6 is 35.0 Å². The van der Waals surface area contributed by atoms with Crippen LogP contribution in [0.3, 0.4) is 0 Å². The van der Waals surface area contributed by atoms with Gasteiger partial charge in [0.15, 0.2) is 0 Å². The van der Waals surface area contributed by atoms with Gasteiger partial charge in [-0.25, -0.2) is 8.42 Å². The van der Waals surface area contributed by atoms with Crippen LogP contribution in [-0.2, 0) is 10.0 Å². The van der Waals surface area contributed by atoms with Crippen molar-refractivity contribution >= 4 is 45.0 Å². The third-order valence-electron chi connectivity index (χ3n) is 4.64. The molecule has 0 saturated carbocycles. The lowest BCUT2D eigenvalue weighted by Crippen LogP contribution is -2.43. The summed E-state index contributed by atoms with van der Waals surface area (Å²) in [6, 6.07) is 21.5. The molecule has 3 nitrogen and oxygen atoms in total. The van der Waals surface area contributed by atoms with E-state index in [1.54, 1.807) is 42.1 Å². The first kappa shape index (κ1) is 19.8. The third-order valence-corrected chi connectivity index (χ3v) is 8.85. The molecule has 1 aliphatic heterocycles. The van der Waals surface area contributed by atoms with E-state index in [9.17, 15) is 8.42 Å². The molecule has 0 N–H and O–H groups in total. The predicted molar refractivity (Wildman–Crippen MR) is 116 cm³/mol. The van der Waals surface area contributed by atoms with Crippen molar-refractivity contribution in [2.45, 2.75) is 22.6 Å². The Labute approximate surface area is 179 Å². The summed E-state index contributed by atoms with van der Waals surface area (Å²) >= 11 is 13.9. The van der Waals surface area contributed by atoms with E-state index in [-0.39, 0.29) is 15.6 Å². The second-order valence-corrected chi connectivity index (χ2v) is 10.4. The fraction of sp³-hybridized carbons (Fsp3) is 0.143. The second kappa shape index (κ2) is 7.73. The number of rotatable bonds is 4. The molecule has 1 fully saturated rings. The standard InChI is InChI=1S/C21H17Cl2NO2S2/c1-14-6-12-17(13-7-14)28(25,26)24-20(15-8-10-16(22)11-9-15)27-21(24)18-4-2-3-5-19(18)23/h2-13,20-21H,1H3/t20-,21+/m0/s1. The van der Waals surface area contributed by atoms with Crippen LogP contribution in [0.4, 0.5) is 0 Å². The van der Waals surface area contributed by atoms with Gasteiger partial charge in [-0.2, -0.15) is 4.31 Å². The van der Waals surface area contributed by atoms with Crippen LogP contribution < -0.4 is 0 Å². The van der Waals surface area contributed by atoms with Gasteiger partial charge < -0.3 is 0 Å². The molecule has 0 aromatic heterocycles. The summed E-state index contributed by atoms with van der Waals surface area (Å²) in [6.07, 6.45) is 0. The summed E-state index contributed by atoms with van der Waals surface area (Å²) in [6.45, 7) is 1.93. The quantitative estimate of drug-likeness (QED) is 0.459. The van der Waals surface area contributed by atoms with E-state index < -0.39 is 10.0 Å². The molecule has 1 aliphatic rings. The van der Waals surface area contributed by atoms with Gasteiger partial charge in [0, 0.05) is 10.0 Å². The SMILES string of the molecule is Cc1ccc(S(=O)(=O)N2[C@@H](c3ccccc3Cl)S[C@H]2c2ccc(Cl)cc2)cc1. The Hall–Kier alpha value is -1.50. The zero-order chi connectivity index (χ0) is 19.9. The molecule has 0 aliphatic carbocycles. The highest BCUT2D eigenvalue weighted by atomic mass is 35.5. The maximum Gasteiger partial charge on any atom is 0.245 e. The van der Waals surface area contributed by atoms with Gasteiger partial charge in [0.1, 0.15) is 5.37 Å². The van der Waals surface area contributed by atoms with E-state index in [2.05, 4.69) is 0 Å². The normalized spacial score (nSPS) is 20.0. The van der Waals surface area contributed by atoms with E-state index in [0.717, 1.165) is 16.7 Å². The molecule has 4 rings (SSSR count). The average molecular weight is 450 g/mol. The van der Waals surface area contributed by atoms with E-state index >= 15 is 0 Å². The molecule has 144 valence electrons. The molecule has 0 radical (unpaired) electrons. The summed E-state index contributed by atoms with van der Waals surface area (Å²) < 4.78 is 28.6.